The molecule has 0 amide bonds. The van der Waals surface area contributed by atoms with Crippen LogP contribution in [0.25, 0.3) is 0 Å². The molecule has 4 N–H and O–H groups in total. The van der Waals surface area contributed by atoms with Crippen molar-refractivity contribution in [2.45, 2.75) is 25.4 Å². The van der Waals surface area contributed by atoms with Crippen molar-refractivity contribution in [2.24, 2.45) is 0 Å². The van der Waals surface area contributed by atoms with Crippen molar-refractivity contribution in [1.82, 2.24) is 15.2 Å². The highest BCUT2D eigenvalue weighted by atomic mass is 19.4. The van der Waals surface area contributed by atoms with Crippen LogP contribution in [0.15, 0.2) is 0 Å². The van der Waals surface area contributed by atoms with Gasteiger partial charge in [-0.1, -0.05) is 0 Å². The first kappa shape index (κ1) is 11.6. The molecule has 1 aromatic heterocycles. The fourth-order valence-corrected chi connectivity index (χ4v) is 1.00. The number of H-pyrrole nitrogens is 1. The minimum Gasteiger partial charge on any atom is -0.368 e. The summed E-state index contributed by atoms with van der Waals surface area (Å²) in [5, 5.41) is 8.83. The lowest BCUT2D eigenvalue weighted by atomic mass is 10.2. The van der Waals surface area contributed by atoms with Crippen molar-refractivity contribution in [3.63, 3.8) is 0 Å². The number of halogens is 3. The monoisotopic (exact) mass is 223 g/mol. The van der Waals surface area contributed by atoms with Crippen molar-refractivity contribution >= 4 is 11.9 Å². The van der Waals surface area contributed by atoms with Gasteiger partial charge in [0.2, 0.25) is 11.9 Å². The molecule has 0 aliphatic carbocycles. The highest BCUT2D eigenvalue weighted by Crippen LogP contribution is 2.21. The molecule has 0 saturated heterocycles. The van der Waals surface area contributed by atoms with Crippen LogP contribution in [0.3, 0.4) is 0 Å². The van der Waals surface area contributed by atoms with Gasteiger partial charge in [0.05, 0.1) is 0 Å². The zero-order chi connectivity index (χ0) is 11.3. The molecule has 5 nitrogen and oxygen atoms in total. The molecule has 0 radical (unpaired) electrons. The maximum Gasteiger partial charge on any atom is 0.389 e. The van der Waals surface area contributed by atoms with Crippen LogP contribution >= 0.6 is 0 Å². The van der Waals surface area contributed by atoms with E-state index in [0.717, 1.165) is 0 Å². The summed E-state index contributed by atoms with van der Waals surface area (Å²) in [7, 11) is 0. The molecule has 0 bridgehead atoms. The second kappa shape index (κ2) is 4.85. The van der Waals surface area contributed by atoms with Crippen LogP contribution in [0.4, 0.5) is 25.1 Å². The quantitative estimate of drug-likeness (QED) is 0.661. The lowest BCUT2D eigenvalue weighted by Gasteiger charge is -2.05. The fraction of sp³-hybridized carbons (Fsp3) is 0.714. The molecule has 8 heteroatoms. The van der Waals surface area contributed by atoms with Gasteiger partial charge in [-0.2, -0.15) is 18.2 Å². The summed E-state index contributed by atoms with van der Waals surface area (Å²) in [5.74, 6) is 0.479. The number of nitrogens with one attached hydrogen (secondary N) is 2. The third kappa shape index (κ3) is 5.08. The predicted octanol–water partition coefficient (Wildman–Crippen LogP) is 1.53. The number of rotatable bonds is 5. The average molecular weight is 223 g/mol. The Bertz CT molecular complexity index is 295. The molecule has 0 unspecified atom stereocenters. The topological polar surface area (TPSA) is 79.6 Å². The molecule has 0 aromatic carbocycles. The summed E-state index contributed by atoms with van der Waals surface area (Å²) in [5.41, 5.74) is 5.25. The molecule has 1 rings (SSSR count). The van der Waals surface area contributed by atoms with Gasteiger partial charge in [0.25, 0.3) is 0 Å². The number of nitrogen functional groups attached to an aromatic ring is 1. The van der Waals surface area contributed by atoms with Crippen LogP contribution in [0.1, 0.15) is 19.3 Å². The molecule has 0 atom stereocenters. The van der Waals surface area contributed by atoms with Gasteiger partial charge in [-0.05, 0) is 12.8 Å². The standard InChI is InChI=1S/C7H12F3N5/c8-7(9,10)3-1-2-4-12-6-13-5(11)14-15-6/h1-4H2,(H4,11,12,13,14,15). The van der Waals surface area contributed by atoms with Gasteiger partial charge in [-0.15, -0.1) is 5.10 Å². The normalized spacial score (nSPS) is 11.7. The lowest BCUT2D eigenvalue weighted by Crippen LogP contribution is -2.09. The van der Waals surface area contributed by atoms with Gasteiger partial charge < -0.3 is 11.1 Å². The van der Waals surface area contributed by atoms with E-state index in [1.807, 2.05) is 0 Å². The van der Waals surface area contributed by atoms with E-state index >= 15 is 0 Å². The SMILES string of the molecule is Nc1nc(NCCCCC(F)(F)F)n[nH]1. The Morgan fingerprint density at radius 1 is 1.33 bits per heavy atom. The Morgan fingerprint density at radius 2 is 2.07 bits per heavy atom. The molecular weight excluding hydrogens is 211 g/mol. The molecule has 0 aliphatic rings. The Morgan fingerprint density at radius 3 is 2.60 bits per heavy atom. The molecule has 15 heavy (non-hydrogen) atoms. The van der Waals surface area contributed by atoms with Crippen LogP contribution < -0.4 is 11.1 Å². The zero-order valence-electron chi connectivity index (χ0n) is 7.93. The number of nitrogens with two attached hydrogens (primary N) is 1. The average Bonchev–Trinajstić information content (AvgIpc) is 2.49. The number of unbranched alkanes of at least 4 members (excludes halogenated alkanes) is 1. The highest BCUT2D eigenvalue weighted by Gasteiger charge is 2.25. The van der Waals surface area contributed by atoms with Gasteiger partial charge >= 0.3 is 6.18 Å². The molecule has 1 heterocycles. The Balaban J connectivity index is 2.07. The summed E-state index contributed by atoms with van der Waals surface area (Å²) in [6.45, 7) is 0.396. The van der Waals surface area contributed by atoms with E-state index < -0.39 is 12.6 Å². The number of nitrogens with zero attached hydrogens (tertiary/aromatic N) is 2. The van der Waals surface area contributed by atoms with Gasteiger partial charge in [-0.3, -0.25) is 0 Å². The lowest BCUT2D eigenvalue weighted by molar-refractivity contribution is -0.135. The second-order valence-electron chi connectivity index (χ2n) is 3.04. The van der Waals surface area contributed by atoms with E-state index in [0.29, 0.717) is 18.9 Å². The second-order valence-corrected chi connectivity index (χ2v) is 3.04. The smallest absolute Gasteiger partial charge is 0.368 e. The Labute approximate surface area is 84.3 Å². The number of hydrogen-bond acceptors (Lipinski definition) is 4. The molecular formula is C7H12F3N5. The molecule has 0 spiro atoms. The van der Waals surface area contributed by atoms with Crippen LogP contribution in [0.5, 0.6) is 0 Å². The van der Waals surface area contributed by atoms with Crippen molar-refractivity contribution in [3.05, 3.63) is 0 Å². The Kier molecular flexibility index (Phi) is 3.75. The number of hydrogen-bond donors (Lipinski definition) is 3. The molecule has 1 aromatic rings. The molecule has 86 valence electrons. The largest absolute Gasteiger partial charge is 0.389 e. The number of anilines is 2. The summed E-state index contributed by atoms with van der Waals surface area (Å²) >= 11 is 0. The van der Waals surface area contributed by atoms with Crippen molar-refractivity contribution in [1.29, 1.82) is 0 Å². The van der Waals surface area contributed by atoms with Crippen molar-refractivity contribution < 1.29 is 13.2 Å². The summed E-state index contributed by atoms with van der Waals surface area (Å²) < 4.78 is 35.2. The zero-order valence-corrected chi connectivity index (χ0v) is 7.93. The van der Waals surface area contributed by atoms with Crippen LogP contribution in [0.2, 0.25) is 0 Å². The van der Waals surface area contributed by atoms with E-state index in [-0.39, 0.29) is 12.4 Å². The molecule has 0 aliphatic heterocycles. The minimum absolute atomic E-state index is 0.0937. The minimum atomic E-state index is -4.07. The molecule has 0 fully saturated rings. The summed E-state index contributed by atoms with van der Waals surface area (Å²) in [4.78, 5) is 3.73. The fourth-order valence-electron chi connectivity index (χ4n) is 1.00. The third-order valence-corrected chi connectivity index (χ3v) is 1.67. The maximum absolute atomic E-state index is 11.7. The van der Waals surface area contributed by atoms with E-state index in [9.17, 15) is 13.2 Å². The van der Waals surface area contributed by atoms with Crippen molar-refractivity contribution in [3.8, 4) is 0 Å². The van der Waals surface area contributed by atoms with Crippen LogP contribution in [-0.2, 0) is 0 Å². The van der Waals surface area contributed by atoms with Crippen molar-refractivity contribution in [2.75, 3.05) is 17.6 Å². The first-order valence-corrected chi connectivity index (χ1v) is 4.46. The van der Waals surface area contributed by atoms with E-state index in [2.05, 4.69) is 20.5 Å². The van der Waals surface area contributed by atoms with Gasteiger partial charge in [-0.25, -0.2) is 5.10 Å². The maximum atomic E-state index is 11.7. The highest BCUT2D eigenvalue weighted by molar-refractivity contribution is 5.29. The summed E-state index contributed by atoms with van der Waals surface area (Å²) in [6.07, 6.45) is -4.33. The summed E-state index contributed by atoms with van der Waals surface area (Å²) in [6, 6.07) is 0. The Hall–Kier alpha value is -1.47. The first-order valence-electron chi connectivity index (χ1n) is 4.46. The van der Waals surface area contributed by atoms with Gasteiger partial charge in [0, 0.05) is 13.0 Å². The number of aromatic nitrogens is 3. The van der Waals surface area contributed by atoms with E-state index in [1.54, 1.807) is 0 Å². The predicted molar refractivity (Wildman–Crippen MR) is 49.2 cm³/mol. The molecule has 0 saturated carbocycles. The number of aromatic amines is 1. The van der Waals surface area contributed by atoms with Gasteiger partial charge in [0.15, 0.2) is 0 Å². The van der Waals surface area contributed by atoms with E-state index in [4.69, 9.17) is 5.73 Å². The number of alkyl halides is 3. The third-order valence-electron chi connectivity index (χ3n) is 1.67. The van der Waals surface area contributed by atoms with E-state index in [1.165, 1.54) is 0 Å². The van der Waals surface area contributed by atoms with Crippen LogP contribution in [0, 0.1) is 0 Å². The van der Waals surface area contributed by atoms with Crippen LogP contribution in [-0.4, -0.2) is 27.9 Å². The first-order chi connectivity index (χ1) is 6.97. The van der Waals surface area contributed by atoms with Gasteiger partial charge in [0.1, 0.15) is 0 Å².